The fraction of sp³-hybridized carbons (Fsp3) is 1.00. The second-order valence-electron chi connectivity index (χ2n) is 3.24. The van der Waals surface area contributed by atoms with Gasteiger partial charge >= 0.3 is 7.87 Å². The van der Waals surface area contributed by atoms with E-state index >= 15 is 0 Å². The smallest absolute Gasteiger partial charge is 0.383 e. The van der Waals surface area contributed by atoms with Crippen LogP contribution in [0, 0.1) is 0 Å². The van der Waals surface area contributed by atoms with Gasteiger partial charge in [0.1, 0.15) is 0 Å². The van der Waals surface area contributed by atoms with Gasteiger partial charge < -0.3 is 8.85 Å². The predicted octanol–water partition coefficient (Wildman–Crippen LogP) is 3.43. The molecule has 0 aliphatic carbocycles. The first-order valence-corrected chi connectivity index (χ1v) is 8.42. The van der Waals surface area contributed by atoms with Gasteiger partial charge in [0.05, 0.1) is 0 Å². The minimum absolute atomic E-state index is 0.731. The first-order chi connectivity index (χ1) is 6.12. The van der Waals surface area contributed by atoms with Crippen LogP contribution in [0.25, 0.3) is 0 Å². The van der Waals surface area contributed by atoms with Crippen molar-refractivity contribution in [3.8, 4) is 0 Å². The lowest BCUT2D eigenvalue weighted by atomic mass is 10.4. The molecular formula is C9H21ClO2Si. The highest BCUT2D eigenvalue weighted by atomic mass is 35.6. The van der Waals surface area contributed by atoms with Gasteiger partial charge in [0.25, 0.3) is 0 Å². The Morgan fingerprint density at radius 2 is 1.38 bits per heavy atom. The highest BCUT2D eigenvalue weighted by Gasteiger charge is 2.28. The maximum absolute atomic E-state index is 6.10. The van der Waals surface area contributed by atoms with Crippen LogP contribution in [0.1, 0.15) is 39.5 Å². The summed E-state index contributed by atoms with van der Waals surface area (Å²) in [7, 11) is -2.31. The van der Waals surface area contributed by atoms with Gasteiger partial charge in [0, 0.05) is 13.2 Å². The molecule has 2 nitrogen and oxygen atoms in total. The van der Waals surface area contributed by atoms with E-state index in [0.29, 0.717) is 0 Å². The molecule has 0 saturated carbocycles. The maximum atomic E-state index is 6.10. The molecule has 13 heavy (non-hydrogen) atoms. The van der Waals surface area contributed by atoms with Gasteiger partial charge in [0.15, 0.2) is 0 Å². The normalized spacial score (nSPS) is 12.0. The predicted molar refractivity (Wildman–Crippen MR) is 59.2 cm³/mol. The molecule has 0 atom stereocenters. The molecule has 0 N–H and O–H groups in total. The van der Waals surface area contributed by atoms with E-state index in [9.17, 15) is 0 Å². The van der Waals surface area contributed by atoms with Crippen molar-refractivity contribution in [3.05, 3.63) is 0 Å². The summed E-state index contributed by atoms with van der Waals surface area (Å²) in [6.45, 7) is 7.62. The summed E-state index contributed by atoms with van der Waals surface area (Å²) < 4.78 is 11.0. The van der Waals surface area contributed by atoms with Crippen molar-refractivity contribution in [2.75, 3.05) is 13.2 Å². The van der Waals surface area contributed by atoms with Crippen LogP contribution in [0.4, 0.5) is 0 Å². The summed E-state index contributed by atoms with van der Waals surface area (Å²) >= 11 is 6.10. The van der Waals surface area contributed by atoms with E-state index in [1.807, 2.05) is 6.55 Å². The molecule has 0 spiro atoms. The zero-order valence-corrected chi connectivity index (χ0v) is 10.7. The van der Waals surface area contributed by atoms with Crippen LogP contribution in [0.15, 0.2) is 0 Å². The highest BCUT2D eigenvalue weighted by Crippen LogP contribution is 2.13. The summed E-state index contributed by atoms with van der Waals surface area (Å²) in [4.78, 5) is 0. The van der Waals surface area contributed by atoms with Gasteiger partial charge in [-0.25, -0.2) is 0 Å². The molecule has 80 valence electrons. The molecule has 0 saturated heterocycles. The number of hydrogen-bond acceptors (Lipinski definition) is 2. The number of halogens is 1. The third-order valence-corrected chi connectivity index (χ3v) is 3.81. The Labute approximate surface area is 87.5 Å². The van der Waals surface area contributed by atoms with Gasteiger partial charge in [-0.15, -0.1) is 0 Å². The fourth-order valence-corrected chi connectivity index (χ4v) is 2.40. The average molecular weight is 225 g/mol. The van der Waals surface area contributed by atoms with Crippen molar-refractivity contribution < 1.29 is 8.85 Å². The number of hydrogen-bond donors (Lipinski definition) is 0. The van der Waals surface area contributed by atoms with Crippen LogP contribution in [-0.4, -0.2) is 21.1 Å². The standard InChI is InChI=1S/C9H21ClO2Si/c1-4-6-8-11-13(3,10)12-9-7-5-2/h4-9H2,1-3H3. The Morgan fingerprint density at radius 1 is 1.00 bits per heavy atom. The van der Waals surface area contributed by atoms with Gasteiger partial charge in [-0.05, 0) is 19.4 Å². The lowest BCUT2D eigenvalue weighted by Gasteiger charge is -2.19. The summed E-state index contributed by atoms with van der Waals surface area (Å²) in [5.41, 5.74) is 0. The Bertz CT molecular complexity index is 108. The fourth-order valence-electron chi connectivity index (χ4n) is 0.839. The van der Waals surface area contributed by atoms with E-state index in [4.69, 9.17) is 19.9 Å². The van der Waals surface area contributed by atoms with Crippen LogP contribution < -0.4 is 0 Å². The van der Waals surface area contributed by atoms with Crippen molar-refractivity contribution in [2.45, 2.75) is 46.1 Å². The topological polar surface area (TPSA) is 18.5 Å². The second-order valence-corrected chi connectivity index (χ2v) is 7.55. The molecule has 0 aliphatic heterocycles. The van der Waals surface area contributed by atoms with Crippen molar-refractivity contribution in [1.82, 2.24) is 0 Å². The minimum atomic E-state index is -2.31. The molecule has 0 bridgehead atoms. The molecule has 0 fully saturated rings. The molecule has 0 aliphatic rings. The van der Waals surface area contributed by atoms with Crippen LogP contribution in [0.5, 0.6) is 0 Å². The third kappa shape index (κ3) is 8.75. The summed E-state index contributed by atoms with van der Waals surface area (Å²) in [6, 6.07) is 0. The van der Waals surface area contributed by atoms with Crippen molar-refractivity contribution in [3.63, 3.8) is 0 Å². The number of unbranched alkanes of at least 4 members (excludes halogenated alkanes) is 2. The zero-order valence-electron chi connectivity index (χ0n) is 8.94. The SMILES string of the molecule is CCCCO[Si](C)(Cl)OCCCC. The molecule has 0 amide bonds. The zero-order chi connectivity index (χ0) is 10.2. The van der Waals surface area contributed by atoms with Crippen LogP contribution in [0.2, 0.25) is 6.55 Å². The molecule has 4 heteroatoms. The lowest BCUT2D eigenvalue weighted by Crippen LogP contribution is -2.32. The van der Waals surface area contributed by atoms with Crippen molar-refractivity contribution in [2.24, 2.45) is 0 Å². The van der Waals surface area contributed by atoms with Crippen LogP contribution in [0.3, 0.4) is 0 Å². The Hall–Kier alpha value is 0.427. The summed E-state index contributed by atoms with van der Waals surface area (Å²) in [5, 5.41) is 0. The van der Waals surface area contributed by atoms with E-state index in [0.717, 1.165) is 38.9 Å². The Balaban J connectivity index is 3.42. The van der Waals surface area contributed by atoms with E-state index in [2.05, 4.69) is 13.8 Å². The molecule has 0 rings (SSSR count). The average Bonchev–Trinajstić information content (AvgIpc) is 2.05. The van der Waals surface area contributed by atoms with Crippen LogP contribution >= 0.6 is 11.1 Å². The highest BCUT2D eigenvalue weighted by molar-refractivity contribution is 7.12. The Kier molecular flexibility index (Phi) is 8.05. The van der Waals surface area contributed by atoms with Crippen molar-refractivity contribution in [1.29, 1.82) is 0 Å². The van der Waals surface area contributed by atoms with Crippen LogP contribution in [-0.2, 0) is 8.85 Å². The largest absolute Gasteiger partial charge is 0.439 e. The van der Waals surface area contributed by atoms with Gasteiger partial charge in [-0.2, -0.15) is 0 Å². The molecule has 0 aromatic carbocycles. The summed E-state index contributed by atoms with van der Waals surface area (Å²) in [5.74, 6) is 0. The molecular weight excluding hydrogens is 204 g/mol. The third-order valence-electron chi connectivity index (χ3n) is 1.72. The second kappa shape index (κ2) is 7.80. The molecule has 0 aromatic rings. The Morgan fingerprint density at radius 3 is 1.69 bits per heavy atom. The minimum Gasteiger partial charge on any atom is -0.383 e. The lowest BCUT2D eigenvalue weighted by molar-refractivity contribution is 0.187. The number of rotatable bonds is 8. The first-order valence-electron chi connectivity index (χ1n) is 5.09. The quantitative estimate of drug-likeness (QED) is 0.357. The van der Waals surface area contributed by atoms with E-state index in [-0.39, 0.29) is 0 Å². The van der Waals surface area contributed by atoms with Gasteiger partial charge in [0.2, 0.25) is 0 Å². The molecule has 0 unspecified atom stereocenters. The summed E-state index contributed by atoms with van der Waals surface area (Å²) in [6.07, 6.45) is 4.39. The monoisotopic (exact) mass is 224 g/mol. The van der Waals surface area contributed by atoms with Gasteiger partial charge in [-0.3, -0.25) is 0 Å². The van der Waals surface area contributed by atoms with E-state index in [1.54, 1.807) is 0 Å². The van der Waals surface area contributed by atoms with E-state index < -0.39 is 7.87 Å². The molecule has 0 heterocycles. The van der Waals surface area contributed by atoms with Crippen molar-refractivity contribution >= 4 is 18.9 Å². The van der Waals surface area contributed by atoms with E-state index in [1.165, 1.54) is 0 Å². The molecule has 0 radical (unpaired) electrons. The van der Waals surface area contributed by atoms with Gasteiger partial charge in [-0.1, -0.05) is 37.8 Å². The molecule has 0 aromatic heterocycles. The maximum Gasteiger partial charge on any atom is 0.439 e. The first kappa shape index (κ1) is 13.4.